The van der Waals surface area contributed by atoms with Crippen LogP contribution in [0.2, 0.25) is 0 Å². The lowest BCUT2D eigenvalue weighted by Crippen LogP contribution is -2.02. The Bertz CT molecular complexity index is 649. The molecule has 116 valence electrons. The fraction of sp³-hybridized carbons (Fsp3) is 0.0769. The third kappa shape index (κ3) is 7.88. The second-order valence-electron chi connectivity index (χ2n) is 3.68. The van der Waals surface area contributed by atoms with Crippen LogP contribution in [0, 0.1) is 12.7 Å². The number of rotatable bonds is 1. The fourth-order valence-electron chi connectivity index (χ4n) is 1.31. The number of hydrazine groups is 1. The summed E-state index contributed by atoms with van der Waals surface area (Å²) < 4.78 is 42.8. The van der Waals surface area contributed by atoms with E-state index < -0.39 is 10.1 Å². The molecule has 0 saturated carbocycles. The van der Waals surface area contributed by atoms with Crippen LogP contribution >= 0.6 is 15.9 Å². The summed E-state index contributed by atoms with van der Waals surface area (Å²) in [6, 6.07) is 12.5. The number of benzene rings is 2. The van der Waals surface area contributed by atoms with E-state index in [0.29, 0.717) is 5.56 Å². The van der Waals surface area contributed by atoms with Crippen molar-refractivity contribution >= 4 is 26.0 Å². The molecule has 0 aliphatic heterocycles. The summed E-state index contributed by atoms with van der Waals surface area (Å²) in [4.78, 5) is -0.0278. The Labute approximate surface area is 131 Å². The van der Waals surface area contributed by atoms with Crippen molar-refractivity contribution in [1.29, 1.82) is 0 Å². The molecule has 2 aromatic carbocycles. The highest BCUT2D eigenvalue weighted by Gasteiger charge is 2.10. The summed E-state index contributed by atoms with van der Waals surface area (Å²) in [5, 5.41) is 0. The van der Waals surface area contributed by atoms with Gasteiger partial charge in [0.25, 0.3) is 10.1 Å². The van der Waals surface area contributed by atoms with Crippen LogP contribution in [0.15, 0.2) is 57.9 Å². The Balaban J connectivity index is 0.000000354. The summed E-state index contributed by atoms with van der Waals surface area (Å²) in [6.45, 7) is 1.63. The third-order valence-corrected chi connectivity index (χ3v) is 3.67. The monoisotopic (exact) mass is 378 g/mol. The van der Waals surface area contributed by atoms with Gasteiger partial charge in [0, 0.05) is 4.47 Å². The minimum absolute atomic E-state index is 0.0278. The predicted molar refractivity (Wildman–Crippen MR) is 83.5 cm³/mol. The van der Waals surface area contributed by atoms with E-state index in [-0.39, 0.29) is 10.7 Å². The predicted octanol–water partition coefficient (Wildman–Crippen LogP) is 2.65. The molecule has 5 N–H and O–H groups in total. The second-order valence-corrected chi connectivity index (χ2v) is 5.99. The topological polar surface area (TPSA) is 106 Å². The Kier molecular flexibility index (Phi) is 8.98. The van der Waals surface area contributed by atoms with Gasteiger partial charge in [-0.05, 0) is 36.8 Å². The van der Waals surface area contributed by atoms with Gasteiger partial charge in [0.15, 0.2) is 0 Å². The summed E-state index contributed by atoms with van der Waals surface area (Å²) in [5.41, 5.74) is 0.551. The molecule has 0 atom stereocenters. The molecule has 2 rings (SSSR count). The van der Waals surface area contributed by atoms with E-state index in [0.717, 1.165) is 4.47 Å². The Hall–Kier alpha value is -1.32. The Morgan fingerprint density at radius 1 is 1.10 bits per heavy atom. The first kappa shape index (κ1) is 19.7. The van der Waals surface area contributed by atoms with Crippen molar-refractivity contribution in [1.82, 2.24) is 0 Å². The van der Waals surface area contributed by atoms with E-state index in [4.69, 9.17) is 4.55 Å². The molecule has 21 heavy (non-hydrogen) atoms. The minimum atomic E-state index is -4.03. The number of hydrogen-bond donors (Lipinski definition) is 3. The maximum absolute atomic E-state index is 12.1. The minimum Gasteiger partial charge on any atom is -0.282 e. The smallest absolute Gasteiger partial charge is 0.282 e. The molecule has 0 radical (unpaired) electrons. The van der Waals surface area contributed by atoms with Crippen LogP contribution in [0.3, 0.4) is 0 Å². The van der Waals surface area contributed by atoms with Gasteiger partial charge in [0.1, 0.15) is 5.82 Å². The van der Waals surface area contributed by atoms with Gasteiger partial charge in [-0.15, -0.1) is 0 Å². The molecule has 0 aliphatic carbocycles. The van der Waals surface area contributed by atoms with Crippen LogP contribution in [0.25, 0.3) is 0 Å². The highest BCUT2D eigenvalue weighted by atomic mass is 79.9. The Morgan fingerprint density at radius 3 is 2.00 bits per heavy atom. The molecular weight excluding hydrogens is 363 g/mol. The van der Waals surface area contributed by atoms with E-state index in [1.54, 1.807) is 37.3 Å². The molecule has 0 aromatic heterocycles. The van der Waals surface area contributed by atoms with Crippen LogP contribution in [0.5, 0.6) is 0 Å². The van der Waals surface area contributed by atoms with E-state index in [9.17, 15) is 12.8 Å². The van der Waals surface area contributed by atoms with Gasteiger partial charge in [0.2, 0.25) is 0 Å². The SMILES string of the molecule is Cc1ccccc1S(=O)(=O)O.Fc1cccc(Br)c1.NN. The summed E-state index contributed by atoms with van der Waals surface area (Å²) in [6.07, 6.45) is 0. The quantitative estimate of drug-likeness (QED) is 0.401. The Morgan fingerprint density at radius 2 is 1.67 bits per heavy atom. The van der Waals surface area contributed by atoms with Crippen molar-refractivity contribution in [2.75, 3.05) is 0 Å². The molecule has 0 spiro atoms. The normalized spacial score (nSPS) is 9.81. The largest absolute Gasteiger partial charge is 0.294 e. The van der Waals surface area contributed by atoms with Crippen molar-refractivity contribution in [2.24, 2.45) is 11.7 Å². The van der Waals surface area contributed by atoms with E-state index in [2.05, 4.69) is 27.6 Å². The molecule has 8 heteroatoms. The molecular formula is C13H16BrFN2O3S. The zero-order valence-corrected chi connectivity index (χ0v) is 13.6. The lowest BCUT2D eigenvalue weighted by atomic mass is 10.2. The average molecular weight is 379 g/mol. The van der Waals surface area contributed by atoms with Crippen LogP contribution < -0.4 is 11.7 Å². The van der Waals surface area contributed by atoms with Gasteiger partial charge in [0.05, 0.1) is 4.90 Å². The van der Waals surface area contributed by atoms with Crippen LogP contribution in [-0.2, 0) is 10.1 Å². The maximum atomic E-state index is 12.1. The van der Waals surface area contributed by atoms with Gasteiger partial charge in [-0.3, -0.25) is 16.2 Å². The number of aryl methyl sites for hydroxylation is 1. The van der Waals surface area contributed by atoms with E-state index in [1.807, 2.05) is 0 Å². The van der Waals surface area contributed by atoms with Gasteiger partial charge in [-0.2, -0.15) is 8.42 Å². The maximum Gasteiger partial charge on any atom is 0.294 e. The van der Waals surface area contributed by atoms with Gasteiger partial charge in [-0.25, -0.2) is 4.39 Å². The van der Waals surface area contributed by atoms with Crippen molar-refractivity contribution in [3.05, 3.63) is 64.4 Å². The summed E-state index contributed by atoms with van der Waals surface area (Å²) >= 11 is 3.12. The van der Waals surface area contributed by atoms with Crippen LogP contribution in [-0.4, -0.2) is 13.0 Å². The van der Waals surface area contributed by atoms with E-state index >= 15 is 0 Å². The molecule has 0 fully saturated rings. The van der Waals surface area contributed by atoms with Crippen molar-refractivity contribution in [3.8, 4) is 0 Å². The van der Waals surface area contributed by atoms with Gasteiger partial charge < -0.3 is 0 Å². The molecule has 0 unspecified atom stereocenters. The lowest BCUT2D eigenvalue weighted by molar-refractivity contribution is 0.482. The van der Waals surface area contributed by atoms with Crippen LogP contribution in [0.1, 0.15) is 5.56 Å². The zero-order chi connectivity index (χ0) is 16.5. The molecule has 0 bridgehead atoms. The molecule has 0 amide bonds. The van der Waals surface area contributed by atoms with Gasteiger partial charge in [-0.1, -0.05) is 40.2 Å². The highest BCUT2D eigenvalue weighted by molar-refractivity contribution is 9.10. The number of hydrogen-bond acceptors (Lipinski definition) is 4. The molecule has 0 saturated heterocycles. The highest BCUT2D eigenvalue weighted by Crippen LogP contribution is 2.12. The first-order valence-electron chi connectivity index (χ1n) is 5.58. The third-order valence-electron chi connectivity index (χ3n) is 2.16. The molecule has 2 aromatic rings. The first-order chi connectivity index (χ1) is 9.80. The molecule has 5 nitrogen and oxygen atoms in total. The summed E-state index contributed by atoms with van der Waals surface area (Å²) in [5.74, 6) is 7.79. The van der Waals surface area contributed by atoms with E-state index in [1.165, 1.54) is 18.2 Å². The summed E-state index contributed by atoms with van der Waals surface area (Å²) in [7, 11) is -4.03. The molecule has 0 heterocycles. The second kappa shape index (κ2) is 9.59. The average Bonchev–Trinajstić information content (AvgIpc) is 2.40. The van der Waals surface area contributed by atoms with Crippen molar-refractivity contribution in [2.45, 2.75) is 11.8 Å². The number of halogens is 2. The van der Waals surface area contributed by atoms with Crippen molar-refractivity contribution < 1.29 is 17.4 Å². The van der Waals surface area contributed by atoms with Crippen LogP contribution in [0.4, 0.5) is 4.39 Å². The molecule has 0 aliphatic rings. The number of nitrogens with two attached hydrogens (primary N) is 2. The lowest BCUT2D eigenvalue weighted by Gasteiger charge is -1.99. The van der Waals surface area contributed by atoms with Gasteiger partial charge >= 0.3 is 0 Å². The fourth-order valence-corrected chi connectivity index (χ4v) is 2.40. The standard InChI is InChI=1S/C7H8O3S.C6H4BrF.H4N2/c1-6-4-2-3-5-7(6)11(8,9)10;7-5-2-1-3-6(8)4-5;1-2/h2-5H,1H3,(H,8,9,10);1-4H;1-2H2. The van der Waals surface area contributed by atoms with Crippen molar-refractivity contribution in [3.63, 3.8) is 0 Å². The first-order valence-corrected chi connectivity index (χ1v) is 7.81. The zero-order valence-electron chi connectivity index (χ0n) is 11.2.